The van der Waals surface area contributed by atoms with Gasteiger partial charge in [0.25, 0.3) is 5.91 Å². The van der Waals surface area contributed by atoms with Crippen LogP contribution in [0.2, 0.25) is 5.02 Å². The highest BCUT2D eigenvalue weighted by Crippen LogP contribution is 2.32. The molecule has 1 heterocycles. The van der Waals surface area contributed by atoms with Crippen molar-refractivity contribution in [3.8, 4) is 5.75 Å². The molecule has 2 aromatic carbocycles. The van der Waals surface area contributed by atoms with E-state index in [9.17, 15) is 4.79 Å². The van der Waals surface area contributed by atoms with Gasteiger partial charge in [-0.15, -0.1) is 10.2 Å². The van der Waals surface area contributed by atoms with Crippen molar-refractivity contribution >= 4 is 58.1 Å². The van der Waals surface area contributed by atoms with Crippen molar-refractivity contribution in [2.75, 3.05) is 12.9 Å². The fraction of sp³-hybridized carbons (Fsp3) is 0.200. The van der Waals surface area contributed by atoms with Gasteiger partial charge < -0.3 is 4.74 Å². The van der Waals surface area contributed by atoms with Crippen molar-refractivity contribution in [1.29, 1.82) is 0 Å². The highest BCUT2D eigenvalue weighted by Gasteiger charge is 2.10. The van der Waals surface area contributed by atoms with Crippen LogP contribution in [0.15, 0.2) is 62.3 Å². The van der Waals surface area contributed by atoms with E-state index in [1.165, 1.54) is 23.1 Å². The SMILES string of the molecule is COc1cccc(/C(C)=N/NC(=O)CSc2nnc(SCc3ccccc3Cl)s2)c1. The second kappa shape index (κ2) is 11.4. The van der Waals surface area contributed by atoms with Crippen LogP contribution in [-0.4, -0.2) is 34.7 Å². The number of hydrazone groups is 1. The Morgan fingerprint density at radius 2 is 1.93 bits per heavy atom. The molecule has 1 aromatic heterocycles. The van der Waals surface area contributed by atoms with E-state index >= 15 is 0 Å². The molecule has 0 saturated heterocycles. The van der Waals surface area contributed by atoms with Crippen LogP contribution in [0.4, 0.5) is 0 Å². The summed E-state index contributed by atoms with van der Waals surface area (Å²) in [6, 6.07) is 15.2. The van der Waals surface area contributed by atoms with Gasteiger partial charge in [0.15, 0.2) is 8.68 Å². The molecule has 0 aliphatic carbocycles. The average molecular weight is 479 g/mol. The molecule has 0 unspecified atom stereocenters. The number of ether oxygens (including phenoxy) is 1. The summed E-state index contributed by atoms with van der Waals surface area (Å²) in [5.74, 6) is 1.46. The number of hydrogen-bond donors (Lipinski definition) is 1. The number of methoxy groups -OCH3 is 1. The van der Waals surface area contributed by atoms with E-state index in [1.807, 2.05) is 55.5 Å². The number of nitrogens with zero attached hydrogens (tertiary/aromatic N) is 3. The zero-order valence-corrected chi connectivity index (χ0v) is 19.5. The summed E-state index contributed by atoms with van der Waals surface area (Å²) in [4.78, 5) is 12.1. The summed E-state index contributed by atoms with van der Waals surface area (Å²) in [5, 5.41) is 13.2. The normalized spacial score (nSPS) is 11.4. The summed E-state index contributed by atoms with van der Waals surface area (Å²) in [7, 11) is 1.61. The molecular formula is C20H19ClN4O2S3. The summed E-state index contributed by atoms with van der Waals surface area (Å²) in [5.41, 5.74) is 5.20. The number of amides is 1. The Balaban J connectivity index is 1.46. The molecule has 156 valence electrons. The van der Waals surface area contributed by atoms with Crippen molar-refractivity contribution in [1.82, 2.24) is 15.6 Å². The molecule has 0 bridgehead atoms. The fourth-order valence-electron chi connectivity index (χ4n) is 2.29. The molecule has 3 rings (SSSR count). The van der Waals surface area contributed by atoms with Gasteiger partial charge in [-0.1, -0.05) is 76.8 Å². The zero-order chi connectivity index (χ0) is 21.3. The highest BCUT2D eigenvalue weighted by molar-refractivity contribution is 8.03. The largest absolute Gasteiger partial charge is 0.497 e. The summed E-state index contributed by atoms with van der Waals surface area (Å²) < 4.78 is 6.78. The van der Waals surface area contributed by atoms with E-state index in [0.29, 0.717) is 5.71 Å². The van der Waals surface area contributed by atoms with Gasteiger partial charge in [-0.25, -0.2) is 5.43 Å². The first-order chi connectivity index (χ1) is 14.5. The number of carbonyl (C=O) groups excluding carboxylic acids is 1. The van der Waals surface area contributed by atoms with Gasteiger partial charge in [0.2, 0.25) is 0 Å². The number of rotatable bonds is 9. The quantitative estimate of drug-likeness (QED) is 0.261. The minimum atomic E-state index is -0.206. The molecule has 0 radical (unpaired) electrons. The van der Waals surface area contributed by atoms with Crippen LogP contribution >= 0.6 is 46.5 Å². The maximum absolute atomic E-state index is 12.1. The van der Waals surface area contributed by atoms with E-state index in [2.05, 4.69) is 20.7 Å². The lowest BCUT2D eigenvalue weighted by molar-refractivity contribution is -0.118. The van der Waals surface area contributed by atoms with Crippen molar-refractivity contribution in [3.63, 3.8) is 0 Å². The molecule has 0 spiro atoms. The van der Waals surface area contributed by atoms with Crippen LogP contribution in [0, 0.1) is 0 Å². The first-order valence-corrected chi connectivity index (χ1v) is 12.0. The average Bonchev–Trinajstić information content (AvgIpc) is 3.23. The maximum Gasteiger partial charge on any atom is 0.250 e. The van der Waals surface area contributed by atoms with Gasteiger partial charge in [-0.05, 0) is 30.7 Å². The lowest BCUT2D eigenvalue weighted by Gasteiger charge is -2.04. The van der Waals surface area contributed by atoms with E-state index in [1.54, 1.807) is 18.9 Å². The van der Waals surface area contributed by atoms with Gasteiger partial charge in [0.1, 0.15) is 5.75 Å². The Morgan fingerprint density at radius 3 is 2.70 bits per heavy atom. The summed E-state index contributed by atoms with van der Waals surface area (Å²) in [6.45, 7) is 1.83. The van der Waals surface area contributed by atoms with Crippen molar-refractivity contribution < 1.29 is 9.53 Å². The number of benzene rings is 2. The second-order valence-corrected chi connectivity index (χ2v) is 9.80. The highest BCUT2D eigenvalue weighted by atomic mass is 35.5. The van der Waals surface area contributed by atoms with Gasteiger partial charge in [-0.3, -0.25) is 4.79 Å². The molecule has 0 saturated carbocycles. The van der Waals surface area contributed by atoms with E-state index in [0.717, 1.165) is 36.3 Å². The maximum atomic E-state index is 12.1. The lowest BCUT2D eigenvalue weighted by atomic mass is 10.1. The number of thioether (sulfide) groups is 2. The topological polar surface area (TPSA) is 76.5 Å². The number of nitrogens with one attached hydrogen (secondary N) is 1. The first-order valence-electron chi connectivity index (χ1n) is 8.85. The third-order valence-corrected chi connectivity index (χ3v) is 7.47. The minimum absolute atomic E-state index is 0.206. The summed E-state index contributed by atoms with van der Waals surface area (Å²) in [6.07, 6.45) is 0. The van der Waals surface area contributed by atoms with Gasteiger partial charge in [0.05, 0.1) is 18.6 Å². The Labute approximate surface area is 192 Å². The molecule has 1 amide bonds. The molecular weight excluding hydrogens is 460 g/mol. The van der Waals surface area contributed by atoms with Crippen LogP contribution in [0.1, 0.15) is 18.1 Å². The minimum Gasteiger partial charge on any atom is -0.497 e. The Hall–Kier alpha value is -2.07. The zero-order valence-electron chi connectivity index (χ0n) is 16.3. The Kier molecular flexibility index (Phi) is 8.56. The predicted molar refractivity (Wildman–Crippen MR) is 125 cm³/mol. The molecule has 1 N–H and O–H groups in total. The molecule has 0 aliphatic rings. The molecule has 10 heteroatoms. The van der Waals surface area contributed by atoms with Crippen LogP contribution in [0.5, 0.6) is 5.75 Å². The standard InChI is InChI=1S/C20H19ClN4O2S3/c1-13(14-7-5-8-16(10-14)27-2)22-23-18(26)12-29-20-25-24-19(30-20)28-11-15-6-3-4-9-17(15)21/h3-10H,11-12H2,1-2H3,(H,23,26)/b22-13+. The van der Waals surface area contributed by atoms with Crippen LogP contribution in [0.3, 0.4) is 0 Å². The van der Waals surface area contributed by atoms with E-state index < -0.39 is 0 Å². The fourth-order valence-corrected chi connectivity index (χ4v) is 5.39. The number of aromatic nitrogens is 2. The molecule has 0 atom stereocenters. The van der Waals surface area contributed by atoms with Gasteiger partial charge >= 0.3 is 0 Å². The Bertz CT molecular complexity index is 1040. The number of halogens is 1. The van der Waals surface area contributed by atoms with Crippen LogP contribution < -0.4 is 10.2 Å². The third-order valence-electron chi connectivity index (χ3n) is 3.86. The van der Waals surface area contributed by atoms with Crippen molar-refractivity contribution in [3.05, 3.63) is 64.7 Å². The van der Waals surface area contributed by atoms with E-state index in [4.69, 9.17) is 16.3 Å². The molecule has 30 heavy (non-hydrogen) atoms. The molecule has 6 nitrogen and oxygen atoms in total. The molecule has 0 aliphatic heterocycles. The third kappa shape index (κ3) is 6.73. The van der Waals surface area contributed by atoms with Crippen molar-refractivity contribution in [2.24, 2.45) is 5.10 Å². The monoisotopic (exact) mass is 478 g/mol. The Morgan fingerprint density at radius 1 is 1.17 bits per heavy atom. The van der Waals surface area contributed by atoms with Crippen LogP contribution in [0.25, 0.3) is 0 Å². The first kappa shape index (κ1) is 22.6. The number of carbonyl (C=O) groups is 1. The smallest absolute Gasteiger partial charge is 0.250 e. The second-order valence-electron chi connectivity index (χ2n) is 5.97. The molecule has 0 fully saturated rings. The van der Waals surface area contributed by atoms with E-state index in [-0.39, 0.29) is 11.7 Å². The van der Waals surface area contributed by atoms with Crippen molar-refractivity contribution in [2.45, 2.75) is 21.4 Å². The summed E-state index contributed by atoms with van der Waals surface area (Å²) >= 11 is 10.5. The predicted octanol–water partition coefficient (Wildman–Crippen LogP) is 5.12. The lowest BCUT2D eigenvalue weighted by Crippen LogP contribution is -2.21. The number of hydrogen-bond acceptors (Lipinski definition) is 8. The van der Waals surface area contributed by atoms with Gasteiger partial charge in [0, 0.05) is 16.3 Å². The molecule has 3 aromatic rings. The van der Waals surface area contributed by atoms with Gasteiger partial charge in [-0.2, -0.15) is 5.10 Å². The van der Waals surface area contributed by atoms with Crippen LogP contribution in [-0.2, 0) is 10.5 Å².